The molecule has 0 aliphatic carbocycles. The van der Waals surface area contributed by atoms with Crippen LogP contribution in [0.25, 0.3) is 10.2 Å². The van der Waals surface area contributed by atoms with Crippen LogP contribution in [0.15, 0.2) is 66.9 Å². The molecule has 2 aromatic carbocycles. The summed E-state index contributed by atoms with van der Waals surface area (Å²) in [6.07, 6.45) is 4.15. The molecule has 42 heavy (non-hydrogen) atoms. The summed E-state index contributed by atoms with van der Waals surface area (Å²) >= 11 is 6.71. The van der Waals surface area contributed by atoms with Crippen molar-refractivity contribution in [1.82, 2.24) is 20.1 Å². The molecular formula is C32H32FN5O2S2. The van der Waals surface area contributed by atoms with Gasteiger partial charge in [0.25, 0.3) is 0 Å². The number of nitrogens with zero attached hydrogens (tertiary/aromatic N) is 3. The van der Waals surface area contributed by atoms with Gasteiger partial charge in [-0.3, -0.25) is 14.7 Å². The van der Waals surface area contributed by atoms with Gasteiger partial charge in [-0.25, -0.2) is 4.39 Å². The SMILES string of the molecule is CN(C)C1CCN(CC#Cc2cc3nccc(Oc4ccc(NC(=S)NC(=O)Cc5ccccc5)cc4F)c3s2)CC1. The Labute approximate surface area is 254 Å². The maximum atomic E-state index is 15.0. The number of pyridine rings is 1. The fourth-order valence-corrected chi connectivity index (χ4v) is 5.96. The lowest BCUT2D eigenvalue weighted by Gasteiger charge is -2.34. The number of aromatic nitrogens is 1. The quantitative estimate of drug-likeness (QED) is 0.209. The van der Waals surface area contributed by atoms with Crippen LogP contribution in [-0.2, 0) is 11.2 Å². The Morgan fingerprint density at radius 2 is 1.93 bits per heavy atom. The smallest absolute Gasteiger partial charge is 0.230 e. The number of hydrogen-bond acceptors (Lipinski definition) is 7. The van der Waals surface area contributed by atoms with E-state index in [1.165, 1.54) is 23.5 Å². The predicted molar refractivity (Wildman–Crippen MR) is 171 cm³/mol. The molecule has 4 aromatic rings. The van der Waals surface area contributed by atoms with Gasteiger partial charge in [0.1, 0.15) is 5.75 Å². The molecule has 0 spiro atoms. The van der Waals surface area contributed by atoms with Crippen molar-refractivity contribution in [2.24, 2.45) is 0 Å². The average Bonchev–Trinajstić information content (AvgIpc) is 3.39. The highest BCUT2D eigenvalue weighted by Gasteiger charge is 2.19. The van der Waals surface area contributed by atoms with Crippen molar-refractivity contribution in [3.63, 3.8) is 0 Å². The largest absolute Gasteiger partial charge is 0.453 e. The topological polar surface area (TPSA) is 69.7 Å². The number of hydrogen-bond donors (Lipinski definition) is 2. The van der Waals surface area contributed by atoms with Crippen molar-refractivity contribution in [2.75, 3.05) is 39.0 Å². The van der Waals surface area contributed by atoms with Gasteiger partial charge >= 0.3 is 0 Å². The van der Waals surface area contributed by atoms with E-state index in [1.807, 2.05) is 36.4 Å². The van der Waals surface area contributed by atoms with E-state index in [9.17, 15) is 4.79 Å². The molecule has 1 amide bonds. The van der Waals surface area contributed by atoms with Gasteiger partial charge in [0.2, 0.25) is 5.91 Å². The Balaban J connectivity index is 1.18. The number of anilines is 1. The normalized spacial score (nSPS) is 13.9. The zero-order chi connectivity index (χ0) is 29.5. The van der Waals surface area contributed by atoms with E-state index in [-0.39, 0.29) is 23.2 Å². The Bertz CT molecular complexity index is 1620. The monoisotopic (exact) mass is 601 g/mol. The van der Waals surface area contributed by atoms with E-state index in [0.29, 0.717) is 17.5 Å². The molecule has 0 unspecified atom stereocenters. The second-order valence-electron chi connectivity index (χ2n) is 10.3. The van der Waals surface area contributed by atoms with E-state index in [1.54, 1.807) is 18.3 Å². The number of likely N-dealkylation sites (tertiary alicyclic amines) is 1. The van der Waals surface area contributed by atoms with E-state index < -0.39 is 5.82 Å². The van der Waals surface area contributed by atoms with Crippen LogP contribution in [0, 0.1) is 17.7 Å². The molecule has 0 atom stereocenters. The van der Waals surface area contributed by atoms with E-state index in [4.69, 9.17) is 17.0 Å². The Morgan fingerprint density at radius 3 is 2.67 bits per heavy atom. The van der Waals surface area contributed by atoms with Crippen molar-refractivity contribution >= 4 is 50.5 Å². The number of thiocarbonyl (C=S) groups is 1. The minimum atomic E-state index is -0.571. The number of fused-ring (bicyclic) bond motifs is 1. The van der Waals surface area contributed by atoms with Crippen LogP contribution in [0.4, 0.5) is 10.1 Å². The Hall–Kier alpha value is -3.88. The summed E-state index contributed by atoms with van der Waals surface area (Å²) in [7, 11) is 4.28. The molecule has 2 aromatic heterocycles. The van der Waals surface area contributed by atoms with Crippen molar-refractivity contribution < 1.29 is 13.9 Å². The zero-order valence-corrected chi connectivity index (χ0v) is 25.2. The van der Waals surface area contributed by atoms with Crippen molar-refractivity contribution in [3.05, 3.63) is 83.1 Å². The van der Waals surface area contributed by atoms with E-state index >= 15 is 4.39 Å². The summed E-state index contributed by atoms with van der Waals surface area (Å²) in [5, 5.41) is 5.56. The van der Waals surface area contributed by atoms with Gasteiger partial charge < -0.3 is 20.3 Å². The number of ether oxygens (including phenoxy) is 1. The number of rotatable bonds is 7. The molecule has 1 aliphatic rings. The fourth-order valence-electron chi connectivity index (χ4n) is 4.78. The third-order valence-corrected chi connectivity index (χ3v) is 8.31. The van der Waals surface area contributed by atoms with Gasteiger partial charge in [0.05, 0.1) is 28.1 Å². The van der Waals surface area contributed by atoms with Crippen LogP contribution in [0.5, 0.6) is 11.5 Å². The first-order chi connectivity index (χ1) is 20.3. The van der Waals surface area contributed by atoms with Crippen molar-refractivity contribution in [3.8, 4) is 23.3 Å². The van der Waals surface area contributed by atoms with Gasteiger partial charge in [0, 0.05) is 43.1 Å². The highest BCUT2D eigenvalue weighted by atomic mass is 32.1. The third kappa shape index (κ3) is 7.89. The molecule has 7 nitrogen and oxygen atoms in total. The maximum absolute atomic E-state index is 15.0. The van der Waals surface area contributed by atoms with Gasteiger partial charge in [-0.15, -0.1) is 11.3 Å². The lowest BCUT2D eigenvalue weighted by molar-refractivity contribution is -0.119. The lowest BCUT2D eigenvalue weighted by Crippen LogP contribution is -2.41. The highest BCUT2D eigenvalue weighted by molar-refractivity contribution is 7.80. The minimum absolute atomic E-state index is 0.0641. The summed E-state index contributed by atoms with van der Waals surface area (Å²) in [4.78, 5) is 22.3. The van der Waals surface area contributed by atoms with Crippen LogP contribution in [0.2, 0.25) is 0 Å². The first kappa shape index (κ1) is 29.6. The summed E-state index contributed by atoms with van der Waals surface area (Å²) < 4.78 is 21.8. The van der Waals surface area contributed by atoms with Crippen LogP contribution >= 0.6 is 23.6 Å². The van der Waals surface area contributed by atoms with Crippen LogP contribution < -0.4 is 15.4 Å². The first-order valence-electron chi connectivity index (χ1n) is 13.7. The molecule has 3 heterocycles. The molecule has 5 rings (SSSR count). The molecule has 10 heteroatoms. The molecule has 1 fully saturated rings. The molecule has 2 N–H and O–H groups in total. The molecule has 0 saturated carbocycles. The number of amides is 1. The second kappa shape index (κ2) is 13.9. The Morgan fingerprint density at radius 1 is 1.14 bits per heavy atom. The number of halogens is 1. The molecular weight excluding hydrogens is 570 g/mol. The molecule has 216 valence electrons. The van der Waals surface area contributed by atoms with Crippen molar-refractivity contribution in [2.45, 2.75) is 25.3 Å². The number of piperidine rings is 1. The standard InChI is InChI=1S/C32H32FN5O2S2/c1-37(2)24-13-17-38(18-14-24)16-6-9-25-21-27-31(42-25)29(12-15-34-27)40-28-11-10-23(20-26(28)33)35-32(41)36-30(39)19-22-7-4-3-5-8-22/h3-5,7-8,10-12,15,20-21,24H,13-14,16-19H2,1-2H3,(H2,35,36,39,41). The fraction of sp³-hybridized carbons (Fsp3) is 0.281. The minimum Gasteiger partial charge on any atom is -0.453 e. The summed E-state index contributed by atoms with van der Waals surface area (Å²) in [6.45, 7) is 2.84. The van der Waals surface area contributed by atoms with Crippen LogP contribution in [0.1, 0.15) is 23.3 Å². The third-order valence-electron chi connectivity index (χ3n) is 7.05. The second-order valence-corrected chi connectivity index (χ2v) is 11.8. The van der Waals surface area contributed by atoms with Crippen molar-refractivity contribution in [1.29, 1.82) is 0 Å². The van der Waals surface area contributed by atoms with Gasteiger partial charge in [-0.05, 0) is 62.9 Å². The summed E-state index contributed by atoms with van der Waals surface area (Å²) in [6, 6.07) is 18.1. The molecule has 1 aliphatic heterocycles. The summed E-state index contributed by atoms with van der Waals surface area (Å²) in [5.41, 5.74) is 2.02. The Kier molecular flexibility index (Phi) is 9.77. The number of benzene rings is 2. The molecule has 0 bridgehead atoms. The van der Waals surface area contributed by atoms with E-state index in [0.717, 1.165) is 53.1 Å². The lowest BCUT2D eigenvalue weighted by atomic mass is 10.0. The number of nitrogens with one attached hydrogen (secondary N) is 2. The van der Waals surface area contributed by atoms with E-state index in [2.05, 4.69) is 51.4 Å². The number of carbonyl (C=O) groups is 1. The molecule has 0 radical (unpaired) electrons. The van der Waals surface area contributed by atoms with Crippen LogP contribution in [0.3, 0.4) is 0 Å². The number of thiophene rings is 1. The van der Waals surface area contributed by atoms with Gasteiger partial charge in [-0.1, -0.05) is 42.2 Å². The average molecular weight is 602 g/mol. The zero-order valence-electron chi connectivity index (χ0n) is 23.5. The summed E-state index contributed by atoms with van der Waals surface area (Å²) in [5.74, 6) is 6.31. The van der Waals surface area contributed by atoms with Crippen LogP contribution in [-0.4, -0.2) is 65.6 Å². The van der Waals surface area contributed by atoms with Gasteiger partial charge in [0.15, 0.2) is 16.7 Å². The highest BCUT2D eigenvalue weighted by Crippen LogP contribution is 2.36. The molecule has 1 saturated heterocycles. The first-order valence-corrected chi connectivity index (χ1v) is 14.9. The predicted octanol–water partition coefficient (Wildman–Crippen LogP) is 5.66. The maximum Gasteiger partial charge on any atom is 0.230 e. The number of carbonyl (C=O) groups excluding carboxylic acids is 1. The van der Waals surface area contributed by atoms with Gasteiger partial charge in [-0.2, -0.15) is 0 Å².